The molecule has 0 bridgehead atoms. The van der Waals surface area contributed by atoms with Crippen LogP contribution in [0.1, 0.15) is 30.1 Å². The average molecular weight is 297 g/mol. The fourth-order valence-corrected chi connectivity index (χ4v) is 2.86. The number of nitrogens with one attached hydrogen (secondary N) is 2. The van der Waals surface area contributed by atoms with E-state index in [1.54, 1.807) is 19.3 Å². The predicted molar refractivity (Wildman–Crippen MR) is 81.4 cm³/mol. The van der Waals surface area contributed by atoms with Gasteiger partial charge in [-0.1, -0.05) is 18.5 Å². The lowest BCUT2D eigenvalue weighted by Crippen LogP contribution is -2.40. The number of hydrogen-bond donors (Lipinski definition) is 2. The molecule has 0 spiro atoms. The molecule has 2 N–H and O–H groups in total. The number of carbonyl (C=O) groups excluding carboxylic acids is 1. The van der Waals surface area contributed by atoms with Gasteiger partial charge in [0.25, 0.3) is 5.91 Å². The molecule has 0 saturated carbocycles. The maximum atomic E-state index is 12.1. The first-order chi connectivity index (χ1) is 9.65. The maximum Gasteiger partial charge on any atom is 0.252 e. The lowest BCUT2D eigenvalue weighted by molar-refractivity contribution is 0.0941. The summed E-state index contributed by atoms with van der Waals surface area (Å²) in [6.07, 6.45) is 3.89. The van der Waals surface area contributed by atoms with Crippen molar-refractivity contribution in [2.75, 3.05) is 32.0 Å². The van der Waals surface area contributed by atoms with Gasteiger partial charge in [-0.05, 0) is 32.0 Å². The highest BCUT2D eigenvalue weighted by Crippen LogP contribution is 2.19. The fourth-order valence-electron chi connectivity index (χ4n) is 2.60. The third-order valence-corrected chi connectivity index (χ3v) is 4.03. The summed E-state index contributed by atoms with van der Waals surface area (Å²) in [5.74, 6) is 0.459. The van der Waals surface area contributed by atoms with Gasteiger partial charge in [0.2, 0.25) is 0 Å². The molecule has 1 amide bonds. The number of carbonyl (C=O) groups is 1. The molecular formula is C14H21ClN4O. The van der Waals surface area contributed by atoms with Crippen molar-refractivity contribution >= 4 is 23.3 Å². The number of rotatable bonds is 5. The Labute approximate surface area is 124 Å². The van der Waals surface area contributed by atoms with Crippen molar-refractivity contribution in [3.05, 3.63) is 22.8 Å². The van der Waals surface area contributed by atoms with E-state index >= 15 is 0 Å². The van der Waals surface area contributed by atoms with Gasteiger partial charge >= 0.3 is 0 Å². The Morgan fingerprint density at radius 2 is 2.40 bits per heavy atom. The SMILES string of the molecule is CCN1CCCC1CNC(=O)c1cnc(NC)c(Cl)c1. The molecule has 2 rings (SSSR count). The van der Waals surface area contributed by atoms with Crippen molar-refractivity contribution < 1.29 is 4.79 Å². The van der Waals surface area contributed by atoms with Gasteiger partial charge in [0.05, 0.1) is 10.6 Å². The Hall–Kier alpha value is -1.33. The third kappa shape index (κ3) is 3.41. The first-order valence-electron chi connectivity index (χ1n) is 7.01. The van der Waals surface area contributed by atoms with Crippen LogP contribution in [0.4, 0.5) is 5.82 Å². The quantitative estimate of drug-likeness (QED) is 0.872. The molecule has 1 saturated heterocycles. The molecule has 1 aliphatic rings. The number of anilines is 1. The number of aromatic nitrogens is 1. The summed E-state index contributed by atoms with van der Waals surface area (Å²) in [7, 11) is 1.74. The summed E-state index contributed by atoms with van der Waals surface area (Å²) in [5.41, 5.74) is 0.495. The van der Waals surface area contributed by atoms with Crippen molar-refractivity contribution in [1.82, 2.24) is 15.2 Å². The Morgan fingerprint density at radius 3 is 3.05 bits per heavy atom. The van der Waals surface area contributed by atoms with Gasteiger partial charge in [-0.3, -0.25) is 9.69 Å². The van der Waals surface area contributed by atoms with Crippen LogP contribution in [0.3, 0.4) is 0 Å². The summed E-state index contributed by atoms with van der Waals surface area (Å²) in [5, 5.41) is 6.30. The predicted octanol–water partition coefficient (Wildman–Crippen LogP) is 1.99. The van der Waals surface area contributed by atoms with Crippen LogP contribution in [0.2, 0.25) is 5.02 Å². The first-order valence-corrected chi connectivity index (χ1v) is 7.39. The molecule has 1 aromatic heterocycles. The zero-order valence-electron chi connectivity index (χ0n) is 11.9. The highest BCUT2D eigenvalue weighted by atomic mass is 35.5. The number of nitrogens with zero attached hydrogens (tertiary/aromatic N) is 2. The molecule has 110 valence electrons. The molecule has 0 radical (unpaired) electrons. The Balaban J connectivity index is 1.93. The molecule has 2 heterocycles. The number of amides is 1. The molecule has 5 nitrogen and oxygen atoms in total. The summed E-state index contributed by atoms with van der Waals surface area (Å²) in [6, 6.07) is 2.09. The number of pyridine rings is 1. The Bertz CT molecular complexity index is 480. The largest absolute Gasteiger partial charge is 0.372 e. The van der Waals surface area contributed by atoms with E-state index in [4.69, 9.17) is 11.6 Å². The van der Waals surface area contributed by atoms with Crippen LogP contribution < -0.4 is 10.6 Å². The van der Waals surface area contributed by atoms with E-state index in [-0.39, 0.29) is 5.91 Å². The van der Waals surface area contributed by atoms with E-state index < -0.39 is 0 Å². The molecule has 1 aliphatic heterocycles. The molecule has 6 heteroatoms. The Kier molecular flexibility index (Phi) is 5.20. The minimum Gasteiger partial charge on any atom is -0.372 e. The normalized spacial score (nSPS) is 19.1. The number of halogens is 1. The van der Waals surface area contributed by atoms with E-state index in [2.05, 4.69) is 27.4 Å². The van der Waals surface area contributed by atoms with Crippen molar-refractivity contribution in [3.8, 4) is 0 Å². The second-order valence-corrected chi connectivity index (χ2v) is 5.35. The molecule has 1 unspecified atom stereocenters. The highest BCUT2D eigenvalue weighted by molar-refractivity contribution is 6.33. The highest BCUT2D eigenvalue weighted by Gasteiger charge is 2.23. The second-order valence-electron chi connectivity index (χ2n) is 4.94. The van der Waals surface area contributed by atoms with E-state index in [1.165, 1.54) is 6.42 Å². The van der Waals surface area contributed by atoms with Crippen LogP contribution in [-0.4, -0.2) is 48.5 Å². The summed E-state index contributed by atoms with van der Waals surface area (Å²) in [6.45, 7) is 4.99. The van der Waals surface area contributed by atoms with Crippen LogP contribution in [0, 0.1) is 0 Å². The molecule has 20 heavy (non-hydrogen) atoms. The summed E-state index contributed by atoms with van der Waals surface area (Å²) < 4.78 is 0. The smallest absolute Gasteiger partial charge is 0.252 e. The van der Waals surface area contributed by atoms with Gasteiger partial charge in [-0.25, -0.2) is 4.98 Å². The van der Waals surface area contributed by atoms with Gasteiger partial charge in [0, 0.05) is 25.8 Å². The van der Waals surface area contributed by atoms with Crippen LogP contribution in [0.15, 0.2) is 12.3 Å². The lowest BCUT2D eigenvalue weighted by atomic mass is 10.2. The van der Waals surface area contributed by atoms with Gasteiger partial charge in [-0.15, -0.1) is 0 Å². The minimum absolute atomic E-state index is 0.120. The van der Waals surface area contributed by atoms with Crippen LogP contribution >= 0.6 is 11.6 Å². The lowest BCUT2D eigenvalue weighted by Gasteiger charge is -2.22. The second kappa shape index (κ2) is 6.90. The number of likely N-dealkylation sites (tertiary alicyclic amines) is 1. The van der Waals surface area contributed by atoms with Gasteiger partial charge < -0.3 is 10.6 Å². The van der Waals surface area contributed by atoms with Gasteiger partial charge in [-0.2, -0.15) is 0 Å². The van der Waals surface area contributed by atoms with Crippen molar-refractivity contribution in [3.63, 3.8) is 0 Å². The summed E-state index contributed by atoms with van der Waals surface area (Å²) >= 11 is 6.03. The average Bonchev–Trinajstić information content (AvgIpc) is 2.92. The number of hydrogen-bond acceptors (Lipinski definition) is 4. The van der Waals surface area contributed by atoms with E-state index in [0.717, 1.165) is 19.5 Å². The molecule has 1 aromatic rings. The molecule has 0 aliphatic carbocycles. The molecule has 0 aromatic carbocycles. The van der Waals surface area contributed by atoms with Crippen molar-refractivity contribution in [1.29, 1.82) is 0 Å². The monoisotopic (exact) mass is 296 g/mol. The fraction of sp³-hybridized carbons (Fsp3) is 0.571. The van der Waals surface area contributed by atoms with Crippen LogP contribution in [-0.2, 0) is 0 Å². The topological polar surface area (TPSA) is 57.3 Å². The maximum absolute atomic E-state index is 12.1. The third-order valence-electron chi connectivity index (χ3n) is 3.74. The van der Waals surface area contributed by atoms with Crippen LogP contribution in [0.5, 0.6) is 0 Å². The standard InChI is InChI=1S/C14H21ClN4O/c1-3-19-6-4-5-11(19)9-18-14(20)10-7-12(15)13(16-2)17-8-10/h7-8,11H,3-6,9H2,1-2H3,(H,16,17)(H,18,20). The first kappa shape index (κ1) is 15.1. The van der Waals surface area contributed by atoms with Crippen molar-refractivity contribution in [2.24, 2.45) is 0 Å². The number of likely N-dealkylation sites (N-methyl/N-ethyl adjacent to an activating group) is 1. The molecular weight excluding hydrogens is 276 g/mol. The van der Waals surface area contributed by atoms with E-state index in [1.807, 2.05) is 0 Å². The summed E-state index contributed by atoms with van der Waals surface area (Å²) in [4.78, 5) is 18.6. The minimum atomic E-state index is -0.120. The van der Waals surface area contributed by atoms with E-state index in [0.29, 0.717) is 29.0 Å². The molecule has 1 fully saturated rings. The van der Waals surface area contributed by atoms with E-state index in [9.17, 15) is 4.79 Å². The molecule has 1 atom stereocenters. The van der Waals surface area contributed by atoms with Gasteiger partial charge in [0.15, 0.2) is 0 Å². The van der Waals surface area contributed by atoms with Gasteiger partial charge in [0.1, 0.15) is 5.82 Å². The van der Waals surface area contributed by atoms with Crippen molar-refractivity contribution in [2.45, 2.75) is 25.8 Å². The van der Waals surface area contributed by atoms with Crippen LogP contribution in [0.25, 0.3) is 0 Å². The zero-order chi connectivity index (χ0) is 14.5. The Morgan fingerprint density at radius 1 is 1.60 bits per heavy atom. The zero-order valence-corrected chi connectivity index (χ0v) is 12.7.